The summed E-state index contributed by atoms with van der Waals surface area (Å²) in [4.78, 5) is 26.4. The van der Waals surface area contributed by atoms with E-state index >= 15 is 0 Å². The van der Waals surface area contributed by atoms with E-state index in [1.807, 2.05) is 0 Å². The molecule has 0 unspecified atom stereocenters. The van der Waals surface area contributed by atoms with E-state index in [-0.39, 0.29) is 16.9 Å². The van der Waals surface area contributed by atoms with Gasteiger partial charge in [0.25, 0.3) is 0 Å². The van der Waals surface area contributed by atoms with Gasteiger partial charge in [0, 0.05) is 11.6 Å². The number of aliphatic imine (C=N–C) groups is 2. The molecule has 0 aliphatic rings. The number of hydrogen-bond donors (Lipinski definition) is 2. The quantitative estimate of drug-likeness (QED) is 0.563. The zero-order valence-corrected chi connectivity index (χ0v) is 7.68. The van der Waals surface area contributed by atoms with Crippen LogP contribution in [-0.4, -0.2) is 22.4 Å². The van der Waals surface area contributed by atoms with Gasteiger partial charge in [-0.25, -0.2) is 9.59 Å². The van der Waals surface area contributed by atoms with E-state index in [9.17, 15) is 19.8 Å². The molecule has 0 amide bonds. The third kappa shape index (κ3) is 1.91. The molecule has 6 heteroatoms. The van der Waals surface area contributed by atoms with Crippen molar-refractivity contribution >= 4 is 23.5 Å². The van der Waals surface area contributed by atoms with E-state index in [1.54, 1.807) is 0 Å². The molecule has 0 aromatic heterocycles. The maximum Gasteiger partial charge on any atom is 0.240 e. The molecule has 0 aliphatic carbocycles. The number of hydrogen-bond acceptors (Lipinski definition) is 6. The molecule has 0 bridgehead atoms. The third-order valence-electron chi connectivity index (χ3n) is 1.80. The summed E-state index contributed by atoms with van der Waals surface area (Å²) in [6.07, 6.45) is 2.47. The molecule has 15 heavy (non-hydrogen) atoms. The second-order valence-electron chi connectivity index (χ2n) is 2.64. The molecule has 1 aromatic rings. The molecule has 0 saturated heterocycles. The van der Waals surface area contributed by atoms with Gasteiger partial charge < -0.3 is 10.2 Å². The predicted octanol–water partition coefficient (Wildman–Crippen LogP) is 1.34. The molecular weight excluding hydrogens is 200 g/mol. The van der Waals surface area contributed by atoms with Crippen LogP contribution in [0, 0.1) is 6.92 Å². The fraction of sp³-hybridized carbons (Fsp3) is 0.111. The molecule has 2 N–H and O–H groups in total. The molecule has 0 radical (unpaired) electrons. The van der Waals surface area contributed by atoms with E-state index in [1.165, 1.54) is 19.1 Å². The summed E-state index contributed by atoms with van der Waals surface area (Å²) in [5.41, 5.74) is -0.0256. The first-order valence-corrected chi connectivity index (χ1v) is 3.83. The molecule has 0 saturated carbocycles. The Hall–Kier alpha value is -2.42. The lowest BCUT2D eigenvalue weighted by atomic mass is 10.1. The van der Waals surface area contributed by atoms with Crippen LogP contribution in [0.4, 0.5) is 11.4 Å². The van der Waals surface area contributed by atoms with Gasteiger partial charge in [-0.3, -0.25) is 0 Å². The van der Waals surface area contributed by atoms with Gasteiger partial charge >= 0.3 is 0 Å². The number of rotatable bonds is 2. The lowest BCUT2D eigenvalue weighted by Gasteiger charge is -2.05. The maximum atomic E-state index is 10.0. The van der Waals surface area contributed by atoms with Crippen LogP contribution < -0.4 is 0 Å². The average molecular weight is 206 g/mol. The summed E-state index contributed by atoms with van der Waals surface area (Å²) in [6, 6.07) is 1.09. The van der Waals surface area contributed by atoms with Gasteiger partial charge in [-0.2, -0.15) is 9.98 Å². The van der Waals surface area contributed by atoms with Crippen LogP contribution in [0.3, 0.4) is 0 Å². The van der Waals surface area contributed by atoms with E-state index in [0.717, 1.165) is 6.07 Å². The molecule has 76 valence electrons. The van der Waals surface area contributed by atoms with Crippen LogP contribution in [0.5, 0.6) is 11.5 Å². The van der Waals surface area contributed by atoms with Crippen LogP contribution in [0.1, 0.15) is 5.56 Å². The largest absolute Gasteiger partial charge is 0.505 e. The summed E-state index contributed by atoms with van der Waals surface area (Å²) in [5, 5.41) is 18.8. The Balaban J connectivity index is 3.56. The Morgan fingerprint density at radius 2 is 1.80 bits per heavy atom. The van der Waals surface area contributed by atoms with Crippen LogP contribution in [0.15, 0.2) is 16.1 Å². The molecule has 0 aliphatic heterocycles. The van der Waals surface area contributed by atoms with Crippen molar-refractivity contribution in [2.45, 2.75) is 6.92 Å². The Kier molecular flexibility index (Phi) is 2.98. The zero-order chi connectivity index (χ0) is 11.4. The maximum absolute atomic E-state index is 10.0. The average Bonchev–Trinajstić information content (AvgIpc) is 2.21. The minimum absolute atomic E-state index is 0.0600. The second-order valence-corrected chi connectivity index (χ2v) is 2.64. The summed E-state index contributed by atoms with van der Waals surface area (Å²) >= 11 is 0. The third-order valence-corrected chi connectivity index (χ3v) is 1.80. The topological polar surface area (TPSA) is 99.3 Å². The minimum atomic E-state index is -0.463. The fourth-order valence-electron chi connectivity index (χ4n) is 1.05. The molecule has 0 heterocycles. The number of phenols is 2. The number of isocyanates is 2. The van der Waals surface area contributed by atoms with E-state index in [4.69, 9.17) is 0 Å². The van der Waals surface area contributed by atoms with Crippen LogP contribution in [0.2, 0.25) is 0 Å². The number of phenolic OH excluding ortho intramolecular Hbond substituents is 2. The van der Waals surface area contributed by atoms with Crippen molar-refractivity contribution < 1.29 is 19.8 Å². The monoisotopic (exact) mass is 206 g/mol. The number of aromatic hydroxyl groups is 2. The molecule has 1 rings (SSSR count). The molecule has 0 fully saturated rings. The van der Waals surface area contributed by atoms with Crippen molar-refractivity contribution in [1.29, 1.82) is 0 Å². The highest BCUT2D eigenvalue weighted by molar-refractivity contribution is 5.74. The van der Waals surface area contributed by atoms with Crippen molar-refractivity contribution in [2.75, 3.05) is 0 Å². The standard InChI is InChI=1S/C9H6N2O4/c1-5-6(10-3-12)2-7(14)8(9(5)15)11-4-13/h2,14-15H,1H3. The fourth-order valence-corrected chi connectivity index (χ4v) is 1.05. The van der Waals surface area contributed by atoms with Crippen molar-refractivity contribution in [3.8, 4) is 11.5 Å². The summed E-state index contributed by atoms with van der Waals surface area (Å²) in [6.45, 7) is 1.45. The molecule has 0 atom stereocenters. The molecule has 1 aromatic carbocycles. The van der Waals surface area contributed by atoms with Gasteiger partial charge in [-0.05, 0) is 6.92 Å². The molecular formula is C9H6N2O4. The lowest BCUT2D eigenvalue weighted by Crippen LogP contribution is -1.79. The predicted molar refractivity (Wildman–Crippen MR) is 50.1 cm³/mol. The number of nitrogens with zero attached hydrogens (tertiary/aromatic N) is 2. The van der Waals surface area contributed by atoms with Gasteiger partial charge in [0.15, 0.2) is 11.4 Å². The Morgan fingerprint density at radius 1 is 1.20 bits per heavy atom. The highest BCUT2D eigenvalue weighted by atomic mass is 16.3. The Labute approximate surface area is 84.2 Å². The van der Waals surface area contributed by atoms with E-state index < -0.39 is 11.5 Å². The Morgan fingerprint density at radius 3 is 2.33 bits per heavy atom. The second kappa shape index (κ2) is 4.19. The van der Waals surface area contributed by atoms with Gasteiger partial charge in [-0.15, -0.1) is 0 Å². The van der Waals surface area contributed by atoms with Gasteiger partial charge in [-0.1, -0.05) is 0 Å². The zero-order valence-electron chi connectivity index (χ0n) is 7.68. The van der Waals surface area contributed by atoms with Gasteiger partial charge in [0.2, 0.25) is 12.2 Å². The van der Waals surface area contributed by atoms with Crippen LogP contribution >= 0.6 is 0 Å². The van der Waals surface area contributed by atoms with Crippen LogP contribution in [-0.2, 0) is 9.59 Å². The summed E-state index contributed by atoms with van der Waals surface area (Å²) < 4.78 is 0. The molecule has 6 nitrogen and oxygen atoms in total. The SMILES string of the molecule is Cc1c(N=C=O)cc(O)c(N=C=O)c1O. The summed E-state index contributed by atoms with van der Waals surface area (Å²) in [7, 11) is 0. The van der Waals surface area contributed by atoms with Gasteiger partial charge in [0.05, 0.1) is 5.69 Å². The van der Waals surface area contributed by atoms with Crippen molar-refractivity contribution in [3.05, 3.63) is 11.6 Å². The van der Waals surface area contributed by atoms with Crippen LogP contribution in [0.25, 0.3) is 0 Å². The number of carbonyl (C=O) groups excluding carboxylic acids is 2. The highest BCUT2D eigenvalue weighted by Gasteiger charge is 2.13. The first-order chi connectivity index (χ1) is 7.11. The number of benzene rings is 1. The highest BCUT2D eigenvalue weighted by Crippen LogP contribution is 2.43. The first-order valence-electron chi connectivity index (χ1n) is 3.83. The van der Waals surface area contributed by atoms with Crippen molar-refractivity contribution in [3.63, 3.8) is 0 Å². The minimum Gasteiger partial charge on any atom is -0.505 e. The first kappa shape index (κ1) is 10.7. The van der Waals surface area contributed by atoms with E-state index in [0.29, 0.717) is 0 Å². The normalized spacial score (nSPS) is 8.87. The summed E-state index contributed by atoms with van der Waals surface area (Å²) in [5.74, 6) is -0.886. The lowest BCUT2D eigenvalue weighted by molar-refractivity contribution is 0.451. The van der Waals surface area contributed by atoms with Crippen molar-refractivity contribution in [1.82, 2.24) is 0 Å². The van der Waals surface area contributed by atoms with E-state index in [2.05, 4.69) is 9.98 Å². The Bertz CT molecular complexity index is 497. The van der Waals surface area contributed by atoms with Crippen molar-refractivity contribution in [2.24, 2.45) is 9.98 Å². The smallest absolute Gasteiger partial charge is 0.240 e. The molecule has 0 spiro atoms. The van der Waals surface area contributed by atoms with Gasteiger partial charge in [0.1, 0.15) is 5.75 Å².